The van der Waals surface area contributed by atoms with Crippen LogP contribution in [0.5, 0.6) is 0 Å². The van der Waals surface area contributed by atoms with Crippen molar-refractivity contribution in [3.05, 3.63) is 29.6 Å². The van der Waals surface area contributed by atoms with E-state index in [0.29, 0.717) is 5.41 Å². The maximum Gasteiger partial charge on any atom is 0.0588 e. The number of nitrogens with zero attached hydrogens (tertiary/aromatic N) is 2. The molecule has 0 amide bonds. The highest BCUT2D eigenvalue weighted by atomic mass is 15.1. The van der Waals surface area contributed by atoms with Crippen molar-refractivity contribution < 1.29 is 0 Å². The van der Waals surface area contributed by atoms with Crippen LogP contribution in [0.2, 0.25) is 0 Å². The highest BCUT2D eigenvalue weighted by Crippen LogP contribution is 2.16. The van der Waals surface area contributed by atoms with Gasteiger partial charge in [-0.15, -0.1) is 0 Å². The average molecular weight is 235 g/mol. The standard InChI is InChI=1S/C14H25N3/c1-14(2,3)11-17(5)10-13-12(9-15-4)7-6-8-16-13/h6-8,15H,9-11H2,1-5H3. The van der Waals surface area contributed by atoms with Gasteiger partial charge in [-0.2, -0.15) is 0 Å². The molecule has 1 heterocycles. The molecule has 3 heteroatoms. The Balaban J connectivity index is 2.67. The van der Waals surface area contributed by atoms with Gasteiger partial charge in [0.05, 0.1) is 5.69 Å². The molecular formula is C14H25N3. The van der Waals surface area contributed by atoms with Crippen LogP contribution in [0.4, 0.5) is 0 Å². The molecule has 0 fully saturated rings. The zero-order valence-electron chi connectivity index (χ0n) is 11.7. The summed E-state index contributed by atoms with van der Waals surface area (Å²) < 4.78 is 0. The SMILES string of the molecule is CNCc1cccnc1CN(C)CC(C)(C)C. The number of pyridine rings is 1. The Labute approximate surface area is 105 Å². The molecule has 0 aliphatic carbocycles. The van der Waals surface area contributed by atoms with Crippen molar-refractivity contribution in [2.45, 2.75) is 33.9 Å². The molecule has 0 saturated carbocycles. The molecule has 0 aliphatic heterocycles. The summed E-state index contributed by atoms with van der Waals surface area (Å²) in [5.41, 5.74) is 2.79. The van der Waals surface area contributed by atoms with Crippen LogP contribution in [0.3, 0.4) is 0 Å². The normalized spacial score (nSPS) is 12.1. The van der Waals surface area contributed by atoms with Gasteiger partial charge >= 0.3 is 0 Å². The zero-order chi connectivity index (χ0) is 12.9. The van der Waals surface area contributed by atoms with E-state index >= 15 is 0 Å². The molecule has 1 aromatic heterocycles. The molecule has 0 radical (unpaired) electrons. The summed E-state index contributed by atoms with van der Waals surface area (Å²) in [6.45, 7) is 9.65. The second-order valence-electron chi connectivity index (χ2n) is 5.87. The Hall–Kier alpha value is -0.930. The Bertz CT molecular complexity index is 342. The molecule has 0 spiro atoms. The molecule has 1 rings (SSSR count). The molecule has 1 N–H and O–H groups in total. The van der Waals surface area contributed by atoms with Gasteiger partial charge in [-0.05, 0) is 31.1 Å². The van der Waals surface area contributed by atoms with Gasteiger partial charge < -0.3 is 10.2 Å². The van der Waals surface area contributed by atoms with Gasteiger partial charge in [0.1, 0.15) is 0 Å². The highest BCUT2D eigenvalue weighted by molar-refractivity contribution is 5.19. The molecule has 3 nitrogen and oxygen atoms in total. The molecule has 0 atom stereocenters. The number of nitrogens with one attached hydrogen (secondary N) is 1. The monoisotopic (exact) mass is 235 g/mol. The molecule has 0 bridgehead atoms. The summed E-state index contributed by atoms with van der Waals surface area (Å²) in [6.07, 6.45) is 1.87. The smallest absolute Gasteiger partial charge is 0.0588 e. The lowest BCUT2D eigenvalue weighted by Crippen LogP contribution is -2.29. The molecule has 1 aromatic rings. The van der Waals surface area contributed by atoms with Crippen molar-refractivity contribution in [3.63, 3.8) is 0 Å². The first kappa shape index (κ1) is 14.1. The van der Waals surface area contributed by atoms with Gasteiger partial charge in [-0.25, -0.2) is 0 Å². The largest absolute Gasteiger partial charge is 0.316 e. The predicted octanol–water partition coefficient (Wildman–Crippen LogP) is 2.28. The molecule has 0 saturated heterocycles. The highest BCUT2D eigenvalue weighted by Gasteiger charge is 2.14. The van der Waals surface area contributed by atoms with Crippen molar-refractivity contribution in [1.82, 2.24) is 15.2 Å². The minimum atomic E-state index is 0.326. The van der Waals surface area contributed by atoms with Crippen molar-refractivity contribution in [3.8, 4) is 0 Å². The minimum absolute atomic E-state index is 0.326. The van der Waals surface area contributed by atoms with Crippen molar-refractivity contribution in [2.75, 3.05) is 20.6 Å². The Kier molecular flexibility index (Phi) is 5.09. The van der Waals surface area contributed by atoms with Crippen LogP contribution in [0.15, 0.2) is 18.3 Å². The summed E-state index contributed by atoms with van der Waals surface area (Å²) in [5, 5.41) is 3.19. The Morgan fingerprint density at radius 2 is 2.06 bits per heavy atom. The molecule has 17 heavy (non-hydrogen) atoms. The summed E-state index contributed by atoms with van der Waals surface area (Å²) in [7, 11) is 4.12. The minimum Gasteiger partial charge on any atom is -0.316 e. The van der Waals surface area contributed by atoms with Crippen molar-refractivity contribution in [2.24, 2.45) is 5.41 Å². The van der Waals surface area contributed by atoms with E-state index in [1.807, 2.05) is 19.3 Å². The van der Waals surface area contributed by atoms with Crippen LogP contribution in [0, 0.1) is 5.41 Å². The maximum atomic E-state index is 4.49. The second kappa shape index (κ2) is 6.12. The van der Waals surface area contributed by atoms with Gasteiger partial charge in [0.25, 0.3) is 0 Å². The first-order valence-corrected chi connectivity index (χ1v) is 6.18. The second-order valence-corrected chi connectivity index (χ2v) is 5.87. The van der Waals surface area contributed by atoms with E-state index in [0.717, 1.165) is 19.6 Å². The molecule has 96 valence electrons. The van der Waals surface area contributed by atoms with E-state index in [1.165, 1.54) is 11.3 Å². The van der Waals surface area contributed by atoms with E-state index in [9.17, 15) is 0 Å². The van der Waals surface area contributed by atoms with Crippen LogP contribution in [-0.4, -0.2) is 30.5 Å². The summed E-state index contributed by atoms with van der Waals surface area (Å²) in [5.74, 6) is 0. The van der Waals surface area contributed by atoms with E-state index in [4.69, 9.17) is 0 Å². The fourth-order valence-corrected chi connectivity index (χ4v) is 2.09. The van der Waals surface area contributed by atoms with Gasteiger partial charge in [-0.1, -0.05) is 26.8 Å². The van der Waals surface area contributed by atoms with E-state index in [-0.39, 0.29) is 0 Å². The number of hydrogen-bond donors (Lipinski definition) is 1. The summed E-state index contributed by atoms with van der Waals surface area (Å²) >= 11 is 0. The van der Waals surface area contributed by atoms with Crippen molar-refractivity contribution >= 4 is 0 Å². The van der Waals surface area contributed by atoms with Gasteiger partial charge in [-0.3, -0.25) is 4.98 Å². The van der Waals surface area contributed by atoms with Crippen LogP contribution >= 0.6 is 0 Å². The third kappa shape index (κ3) is 5.29. The molecule has 0 unspecified atom stereocenters. The van der Waals surface area contributed by atoms with Crippen molar-refractivity contribution in [1.29, 1.82) is 0 Å². The molecule has 0 aliphatic rings. The molecule has 0 aromatic carbocycles. The van der Waals surface area contributed by atoms with Crippen LogP contribution in [-0.2, 0) is 13.1 Å². The first-order valence-electron chi connectivity index (χ1n) is 6.18. The Morgan fingerprint density at radius 1 is 1.35 bits per heavy atom. The van der Waals surface area contributed by atoms with Gasteiger partial charge in [0.2, 0.25) is 0 Å². The van der Waals surface area contributed by atoms with Crippen LogP contribution in [0.1, 0.15) is 32.0 Å². The first-order chi connectivity index (χ1) is 7.92. The average Bonchev–Trinajstić information content (AvgIpc) is 2.18. The lowest BCUT2D eigenvalue weighted by Gasteiger charge is -2.26. The lowest BCUT2D eigenvalue weighted by molar-refractivity contribution is 0.218. The predicted molar refractivity (Wildman–Crippen MR) is 72.8 cm³/mol. The fraction of sp³-hybridized carbons (Fsp3) is 0.643. The molecular weight excluding hydrogens is 210 g/mol. The maximum absolute atomic E-state index is 4.49. The number of hydrogen-bond acceptors (Lipinski definition) is 3. The zero-order valence-corrected chi connectivity index (χ0v) is 11.7. The summed E-state index contributed by atoms with van der Waals surface area (Å²) in [4.78, 5) is 6.82. The fourth-order valence-electron chi connectivity index (χ4n) is 2.09. The van der Waals surface area contributed by atoms with E-state index in [1.54, 1.807) is 0 Å². The number of rotatable bonds is 5. The quantitative estimate of drug-likeness (QED) is 0.848. The van der Waals surface area contributed by atoms with E-state index in [2.05, 4.69) is 49.1 Å². The van der Waals surface area contributed by atoms with Gasteiger partial charge in [0, 0.05) is 25.8 Å². The Morgan fingerprint density at radius 3 is 2.65 bits per heavy atom. The van der Waals surface area contributed by atoms with Gasteiger partial charge in [0.15, 0.2) is 0 Å². The summed E-state index contributed by atoms with van der Waals surface area (Å²) in [6, 6.07) is 4.14. The number of aromatic nitrogens is 1. The van der Waals surface area contributed by atoms with E-state index < -0.39 is 0 Å². The third-order valence-corrected chi connectivity index (χ3v) is 2.52. The lowest BCUT2D eigenvalue weighted by atomic mass is 9.96. The van der Waals surface area contributed by atoms with Crippen LogP contribution < -0.4 is 5.32 Å². The third-order valence-electron chi connectivity index (χ3n) is 2.52. The van der Waals surface area contributed by atoms with Crippen LogP contribution in [0.25, 0.3) is 0 Å². The topological polar surface area (TPSA) is 28.2 Å².